The number of aromatic nitrogens is 2. The number of nitrogens with one attached hydrogen (secondary N) is 2. The van der Waals surface area contributed by atoms with Crippen LogP contribution < -0.4 is 10.6 Å². The highest BCUT2D eigenvalue weighted by molar-refractivity contribution is 6.30. The average Bonchev–Trinajstić information content (AvgIpc) is 2.49. The number of carbonyl (C=O) groups is 1. The molecule has 116 valence electrons. The molecular formula is C16H19ClN4O. The summed E-state index contributed by atoms with van der Waals surface area (Å²) in [6.45, 7) is 6.67. The highest BCUT2D eigenvalue weighted by Crippen LogP contribution is 2.22. The molecule has 0 radical (unpaired) electrons. The Hall–Kier alpha value is -2.14. The van der Waals surface area contributed by atoms with E-state index in [0.29, 0.717) is 29.0 Å². The largest absolute Gasteiger partial charge is 0.352 e. The third-order valence-corrected chi connectivity index (χ3v) is 3.27. The number of rotatable bonds is 5. The number of benzene rings is 1. The molecule has 1 heterocycles. The van der Waals surface area contributed by atoms with Crippen LogP contribution in [0, 0.1) is 12.8 Å². The number of anilines is 2. The van der Waals surface area contributed by atoms with Gasteiger partial charge in [0.05, 0.1) is 5.56 Å². The summed E-state index contributed by atoms with van der Waals surface area (Å²) in [6.07, 6.45) is 3.01. The zero-order chi connectivity index (χ0) is 16.1. The van der Waals surface area contributed by atoms with Crippen molar-refractivity contribution in [2.24, 2.45) is 5.92 Å². The molecule has 22 heavy (non-hydrogen) atoms. The van der Waals surface area contributed by atoms with Gasteiger partial charge in [0.2, 0.25) is 5.95 Å². The van der Waals surface area contributed by atoms with E-state index in [9.17, 15) is 4.79 Å². The Morgan fingerprint density at radius 3 is 2.59 bits per heavy atom. The molecule has 0 atom stereocenters. The number of nitrogens with zero attached hydrogens (tertiary/aromatic N) is 2. The molecule has 2 aromatic rings. The second kappa shape index (κ2) is 7.22. The van der Waals surface area contributed by atoms with E-state index in [1.165, 1.54) is 12.4 Å². The second-order valence-corrected chi connectivity index (χ2v) is 5.92. The summed E-state index contributed by atoms with van der Waals surface area (Å²) in [5, 5.41) is 6.56. The third kappa shape index (κ3) is 4.43. The average molecular weight is 319 g/mol. The maximum absolute atomic E-state index is 11.9. The number of hydrogen-bond acceptors (Lipinski definition) is 4. The van der Waals surface area contributed by atoms with Crippen LogP contribution in [0.4, 0.5) is 11.6 Å². The summed E-state index contributed by atoms with van der Waals surface area (Å²) in [6, 6.07) is 5.55. The lowest BCUT2D eigenvalue weighted by atomic mass is 10.2. The Kier molecular flexibility index (Phi) is 5.33. The fourth-order valence-electron chi connectivity index (χ4n) is 1.76. The minimum atomic E-state index is -0.167. The van der Waals surface area contributed by atoms with E-state index in [1.54, 1.807) is 0 Å². The number of carbonyl (C=O) groups excluding carboxylic acids is 1. The van der Waals surface area contributed by atoms with Crippen LogP contribution in [0.3, 0.4) is 0 Å². The van der Waals surface area contributed by atoms with E-state index in [0.717, 1.165) is 11.3 Å². The monoisotopic (exact) mass is 318 g/mol. The van der Waals surface area contributed by atoms with E-state index in [2.05, 4.69) is 20.6 Å². The van der Waals surface area contributed by atoms with Gasteiger partial charge < -0.3 is 10.6 Å². The van der Waals surface area contributed by atoms with E-state index in [-0.39, 0.29) is 5.91 Å². The lowest BCUT2D eigenvalue weighted by molar-refractivity contribution is 0.0948. The van der Waals surface area contributed by atoms with E-state index < -0.39 is 0 Å². The molecule has 0 saturated carbocycles. The molecule has 0 aliphatic rings. The predicted octanol–water partition coefficient (Wildman–Crippen LogP) is 3.57. The van der Waals surface area contributed by atoms with Gasteiger partial charge >= 0.3 is 0 Å². The Labute approximate surface area is 135 Å². The second-order valence-electron chi connectivity index (χ2n) is 5.48. The van der Waals surface area contributed by atoms with Gasteiger partial charge in [-0.05, 0) is 30.5 Å². The van der Waals surface area contributed by atoms with Gasteiger partial charge in [0.15, 0.2) is 0 Å². The summed E-state index contributed by atoms with van der Waals surface area (Å²) < 4.78 is 0. The summed E-state index contributed by atoms with van der Waals surface area (Å²) in [5.41, 5.74) is 2.31. The first-order valence-corrected chi connectivity index (χ1v) is 7.47. The van der Waals surface area contributed by atoms with Crippen LogP contribution in [0.2, 0.25) is 5.02 Å². The number of aryl methyl sites for hydroxylation is 1. The number of amides is 1. The van der Waals surface area contributed by atoms with Crippen molar-refractivity contribution in [1.82, 2.24) is 15.3 Å². The van der Waals surface area contributed by atoms with Crippen molar-refractivity contribution in [3.8, 4) is 0 Å². The van der Waals surface area contributed by atoms with Crippen molar-refractivity contribution in [2.45, 2.75) is 20.8 Å². The fraction of sp³-hybridized carbons (Fsp3) is 0.312. The molecule has 0 unspecified atom stereocenters. The van der Waals surface area contributed by atoms with Crippen LogP contribution >= 0.6 is 11.6 Å². The topological polar surface area (TPSA) is 66.9 Å². The summed E-state index contributed by atoms with van der Waals surface area (Å²) >= 11 is 5.98. The Bertz CT molecular complexity index is 656. The van der Waals surface area contributed by atoms with Gasteiger partial charge in [0, 0.05) is 29.6 Å². The van der Waals surface area contributed by atoms with Crippen molar-refractivity contribution in [3.05, 3.63) is 46.7 Å². The lowest BCUT2D eigenvalue weighted by Gasteiger charge is -2.09. The van der Waals surface area contributed by atoms with E-state index in [1.807, 2.05) is 39.0 Å². The lowest BCUT2D eigenvalue weighted by Crippen LogP contribution is -2.27. The standard InChI is InChI=1S/C16H19ClN4O/c1-10(2)7-18-15(22)12-8-19-16(20-9-12)21-14-6-13(17)5-4-11(14)3/h4-6,8-10H,7H2,1-3H3,(H,18,22)(H,19,20,21). The molecule has 0 fully saturated rings. The van der Waals surface area contributed by atoms with Gasteiger partial charge in [0.1, 0.15) is 0 Å². The molecule has 0 bridgehead atoms. The highest BCUT2D eigenvalue weighted by atomic mass is 35.5. The molecule has 1 amide bonds. The molecule has 1 aromatic heterocycles. The van der Waals surface area contributed by atoms with Crippen molar-refractivity contribution >= 4 is 29.1 Å². The first-order valence-electron chi connectivity index (χ1n) is 7.09. The maximum atomic E-state index is 11.9. The van der Waals surface area contributed by atoms with Crippen molar-refractivity contribution in [3.63, 3.8) is 0 Å². The molecule has 2 rings (SSSR count). The summed E-state index contributed by atoms with van der Waals surface area (Å²) in [7, 11) is 0. The smallest absolute Gasteiger partial charge is 0.254 e. The van der Waals surface area contributed by atoms with Crippen molar-refractivity contribution < 1.29 is 4.79 Å². The van der Waals surface area contributed by atoms with Gasteiger partial charge in [-0.1, -0.05) is 31.5 Å². The van der Waals surface area contributed by atoms with Gasteiger partial charge in [0.25, 0.3) is 5.91 Å². The number of hydrogen-bond donors (Lipinski definition) is 2. The van der Waals surface area contributed by atoms with Crippen LogP contribution in [-0.2, 0) is 0 Å². The van der Waals surface area contributed by atoms with Crippen LogP contribution in [0.25, 0.3) is 0 Å². The quantitative estimate of drug-likeness (QED) is 0.884. The van der Waals surface area contributed by atoms with Crippen LogP contribution in [0.5, 0.6) is 0 Å². The summed E-state index contributed by atoms with van der Waals surface area (Å²) in [5.74, 6) is 0.654. The zero-order valence-corrected chi connectivity index (χ0v) is 13.6. The molecule has 1 aromatic carbocycles. The predicted molar refractivity (Wildman–Crippen MR) is 88.7 cm³/mol. The first-order chi connectivity index (χ1) is 10.5. The van der Waals surface area contributed by atoms with Gasteiger partial charge in [-0.3, -0.25) is 4.79 Å². The Morgan fingerprint density at radius 1 is 1.27 bits per heavy atom. The molecule has 0 aliphatic carbocycles. The van der Waals surface area contributed by atoms with E-state index >= 15 is 0 Å². The van der Waals surface area contributed by atoms with Gasteiger partial charge in [-0.25, -0.2) is 9.97 Å². The zero-order valence-electron chi connectivity index (χ0n) is 12.9. The van der Waals surface area contributed by atoms with Crippen molar-refractivity contribution in [2.75, 3.05) is 11.9 Å². The molecule has 5 nitrogen and oxygen atoms in total. The minimum Gasteiger partial charge on any atom is -0.352 e. The first kappa shape index (κ1) is 16.2. The third-order valence-electron chi connectivity index (χ3n) is 3.03. The molecule has 6 heteroatoms. The molecule has 0 aliphatic heterocycles. The van der Waals surface area contributed by atoms with Crippen LogP contribution in [0.1, 0.15) is 29.8 Å². The molecule has 0 saturated heterocycles. The Balaban J connectivity index is 2.05. The van der Waals surface area contributed by atoms with Gasteiger partial charge in [-0.2, -0.15) is 0 Å². The molecular weight excluding hydrogens is 300 g/mol. The Morgan fingerprint density at radius 2 is 1.95 bits per heavy atom. The number of halogens is 1. The normalized spacial score (nSPS) is 10.6. The minimum absolute atomic E-state index is 0.167. The fourth-order valence-corrected chi connectivity index (χ4v) is 1.93. The summed E-state index contributed by atoms with van der Waals surface area (Å²) in [4.78, 5) is 20.2. The SMILES string of the molecule is Cc1ccc(Cl)cc1Nc1ncc(C(=O)NCC(C)C)cn1. The van der Waals surface area contributed by atoms with Gasteiger partial charge in [-0.15, -0.1) is 0 Å². The molecule has 2 N–H and O–H groups in total. The van der Waals surface area contributed by atoms with Crippen LogP contribution in [-0.4, -0.2) is 22.4 Å². The maximum Gasteiger partial charge on any atom is 0.254 e. The van der Waals surface area contributed by atoms with Crippen LogP contribution in [0.15, 0.2) is 30.6 Å². The molecule has 0 spiro atoms. The van der Waals surface area contributed by atoms with E-state index in [4.69, 9.17) is 11.6 Å². The van der Waals surface area contributed by atoms with Crippen molar-refractivity contribution in [1.29, 1.82) is 0 Å². The highest BCUT2D eigenvalue weighted by Gasteiger charge is 2.08.